The Bertz CT molecular complexity index is 615. The van der Waals surface area contributed by atoms with Crippen molar-refractivity contribution in [3.63, 3.8) is 0 Å². The minimum Gasteiger partial charge on any atom is -0.474 e. The third-order valence-electron chi connectivity index (χ3n) is 5.52. The highest BCUT2D eigenvalue weighted by Gasteiger charge is 2.53. The molecule has 0 atom stereocenters. The molecule has 5 heteroatoms. The molecule has 0 bridgehead atoms. The number of carbonyl (C=O) groups excluding carboxylic acids is 1. The number of amides is 1. The predicted molar refractivity (Wildman–Crippen MR) is 82.7 cm³/mol. The maximum Gasteiger partial charge on any atom is 0.254 e. The van der Waals surface area contributed by atoms with Gasteiger partial charge in [0.05, 0.1) is 0 Å². The fourth-order valence-electron chi connectivity index (χ4n) is 4.41. The number of fused-ring (bicyclic) bond motifs is 1. The molecule has 1 spiro atoms. The van der Waals surface area contributed by atoms with E-state index in [2.05, 4.69) is 4.98 Å². The number of aryl methyl sites for hydroxylation is 2. The van der Waals surface area contributed by atoms with Crippen LogP contribution in [0.3, 0.4) is 0 Å². The van der Waals surface area contributed by atoms with Crippen LogP contribution in [0.5, 0.6) is 5.88 Å². The lowest BCUT2D eigenvalue weighted by Gasteiger charge is -2.56. The first kappa shape index (κ1) is 14.0. The molecule has 2 saturated carbocycles. The van der Waals surface area contributed by atoms with Crippen molar-refractivity contribution in [1.82, 2.24) is 4.98 Å². The van der Waals surface area contributed by atoms with Gasteiger partial charge in [-0.2, -0.15) is 0 Å². The largest absolute Gasteiger partial charge is 0.474 e. The zero-order chi connectivity index (χ0) is 15.3. The van der Waals surface area contributed by atoms with Gasteiger partial charge in [-0.15, -0.1) is 0 Å². The monoisotopic (exact) mass is 301 g/mol. The van der Waals surface area contributed by atoms with Crippen molar-refractivity contribution in [2.75, 3.05) is 0 Å². The Labute approximate surface area is 130 Å². The zero-order valence-corrected chi connectivity index (χ0v) is 12.8. The maximum absolute atomic E-state index is 11.7. The van der Waals surface area contributed by atoms with Gasteiger partial charge in [-0.25, -0.2) is 4.98 Å². The van der Waals surface area contributed by atoms with Crippen LogP contribution in [0.2, 0.25) is 0 Å². The van der Waals surface area contributed by atoms with Crippen molar-refractivity contribution in [3.05, 3.63) is 22.9 Å². The first-order valence-electron chi connectivity index (χ1n) is 8.29. The van der Waals surface area contributed by atoms with Crippen molar-refractivity contribution in [3.8, 4) is 5.88 Å². The van der Waals surface area contributed by atoms with Crippen molar-refractivity contribution in [2.24, 2.45) is 16.9 Å². The number of nitrogens with zero attached hydrogens (tertiary/aromatic N) is 1. The van der Waals surface area contributed by atoms with Gasteiger partial charge in [0.1, 0.15) is 11.7 Å². The van der Waals surface area contributed by atoms with Gasteiger partial charge in [-0.1, -0.05) is 0 Å². The Morgan fingerprint density at radius 2 is 1.95 bits per heavy atom. The molecule has 22 heavy (non-hydrogen) atoms. The maximum atomic E-state index is 11.7. The van der Waals surface area contributed by atoms with E-state index in [1.165, 1.54) is 0 Å². The third kappa shape index (κ3) is 2.28. The lowest BCUT2D eigenvalue weighted by atomic mass is 9.53. The standard InChI is InChI=1S/C17H23N3O2/c18-11-6-17(7-11)8-12(9-17)22-16-13(15(19)21)5-10-3-1-2-4-14(10)20-16/h5,11-12H,1-4,6-9,18H2,(H2,19,21). The van der Waals surface area contributed by atoms with Gasteiger partial charge in [-0.3, -0.25) is 4.79 Å². The Balaban J connectivity index is 1.52. The van der Waals surface area contributed by atoms with Crippen molar-refractivity contribution in [1.29, 1.82) is 0 Å². The van der Waals surface area contributed by atoms with Gasteiger partial charge in [0.15, 0.2) is 0 Å². The molecular weight excluding hydrogens is 278 g/mol. The number of nitrogens with two attached hydrogens (primary N) is 2. The topological polar surface area (TPSA) is 91.2 Å². The molecule has 4 rings (SSSR count). The van der Waals surface area contributed by atoms with Gasteiger partial charge < -0.3 is 16.2 Å². The molecule has 1 heterocycles. The van der Waals surface area contributed by atoms with Crippen LogP contribution in [0.15, 0.2) is 6.07 Å². The summed E-state index contributed by atoms with van der Waals surface area (Å²) in [5.74, 6) is -0.00722. The van der Waals surface area contributed by atoms with E-state index < -0.39 is 5.91 Å². The number of pyridine rings is 1. The minimum absolute atomic E-state index is 0.153. The van der Waals surface area contributed by atoms with E-state index in [4.69, 9.17) is 16.2 Å². The van der Waals surface area contributed by atoms with Crippen LogP contribution in [0, 0.1) is 5.41 Å². The van der Waals surface area contributed by atoms with E-state index in [1.54, 1.807) is 0 Å². The molecule has 2 fully saturated rings. The molecule has 1 aromatic rings. The van der Waals surface area contributed by atoms with Gasteiger partial charge in [-0.05, 0) is 68.4 Å². The molecule has 0 saturated heterocycles. The molecule has 1 amide bonds. The second kappa shape index (κ2) is 4.95. The van der Waals surface area contributed by atoms with Crippen LogP contribution in [-0.4, -0.2) is 23.0 Å². The van der Waals surface area contributed by atoms with Crippen LogP contribution in [0.4, 0.5) is 0 Å². The number of aromatic nitrogens is 1. The van der Waals surface area contributed by atoms with Crippen molar-refractivity contribution >= 4 is 5.91 Å². The smallest absolute Gasteiger partial charge is 0.254 e. The summed E-state index contributed by atoms with van der Waals surface area (Å²) >= 11 is 0. The number of hydrogen-bond acceptors (Lipinski definition) is 4. The second-order valence-electron chi connectivity index (χ2n) is 7.33. The van der Waals surface area contributed by atoms with Crippen LogP contribution in [0.1, 0.15) is 60.1 Å². The Morgan fingerprint density at radius 1 is 1.23 bits per heavy atom. The lowest BCUT2D eigenvalue weighted by molar-refractivity contribution is -0.0797. The van der Waals surface area contributed by atoms with E-state index in [0.29, 0.717) is 22.9 Å². The SMILES string of the molecule is NC(=O)c1cc2c(nc1OC1CC3(CC(N)C3)C1)CCCC2. The summed E-state index contributed by atoms with van der Waals surface area (Å²) in [6, 6.07) is 2.26. The third-order valence-corrected chi connectivity index (χ3v) is 5.52. The van der Waals surface area contributed by atoms with E-state index in [0.717, 1.165) is 62.6 Å². The Kier molecular flexibility index (Phi) is 3.15. The number of carbonyl (C=O) groups is 1. The minimum atomic E-state index is -0.449. The van der Waals surface area contributed by atoms with E-state index in [-0.39, 0.29) is 6.10 Å². The fourth-order valence-corrected chi connectivity index (χ4v) is 4.41. The average Bonchev–Trinajstić information content (AvgIpc) is 2.42. The fraction of sp³-hybridized carbons (Fsp3) is 0.647. The van der Waals surface area contributed by atoms with Crippen LogP contribution >= 0.6 is 0 Å². The molecule has 1 aromatic heterocycles. The molecule has 5 nitrogen and oxygen atoms in total. The number of primary amides is 1. The first-order chi connectivity index (χ1) is 10.5. The zero-order valence-electron chi connectivity index (χ0n) is 12.8. The summed E-state index contributed by atoms with van der Waals surface area (Å²) in [7, 11) is 0. The molecule has 0 aliphatic heterocycles. The van der Waals surface area contributed by atoms with Gasteiger partial charge in [0, 0.05) is 11.7 Å². The van der Waals surface area contributed by atoms with Crippen molar-refractivity contribution in [2.45, 2.75) is 63.5 Å². The highest BCUT2D eigenvalue weighted by molar-refractivity contribution is 5.95. The molecule has 0 radical (unpaired) electrons. The molecule has 0 aromatic carbocycles. The highest BCUT2D eigenvalue weighted by atomic mass is 16.5. The molecule has 118 valence electrons. The summed E-state index contributed by atoms with van der Waals surface area (Å²) in [4.78, 5) is 16.3. The summed E-state index contributed by atoms with van der Waals surface area (Å²) in [5, 5.41) is 0. The molecular formula is C17H23N3O2. The Morgan fingerprint density at radius 3 is 2.64 bits per heavy atom. The van der Waals surface area contributed by atoms with Crippen LogP contribution in [-0.2, 0) is 12.8 Å². The number of rotatable bonds is 3. The quantitative estimate of drug-likeness (QED) is 0.889. The van der Waals surface area contributed by atoms with Gasteiger partial charge in [0.25, 0.3) is 5.91 Å². The van der Waals surface area contributed by atoms with Crippen LogP contribution in [0.25, 0.3) is 0 Å². The Hall–Kier alpha value is -1.62. The summed E-state index contributed by atoms with van der Waals surface area (Å²) in [5.41, 5.74) is 14.5. The average molecular weight is 301 g/mol. The van der Waals surface area contributed by atoms with E-state index >= 15 is 0 Å². The lowest BCUT2D eigenvalue weighted by Crippen LogP contribution is -2.56. The number of hydrogen-bond donors (Lipinski definition) is 2. The molecule has 4 N–H and O–H groups in total. The summed E-state index contributed by atoms with van der Waals surface area (Å²) < 4.78 is 6.02. The van der Waals surface area contributed by atoms with E-state index in [9.17, 15) is 4.79 Å². The van der Waals surface area contributed by atoms with Gasteiger partial charge >= 0.3 is 0 Å². The molecule has 3 aliphatic rings. The summed E-state index contributed by atoms with van der Waals surface area (Å²) in [6.07, 6.45) is 8.66. The summed E-state index contributed by atoms with van der Waals surface area (Å²) in [6.45, 7) is 0. The molecule has 3 aliphatic carbocycles. The van der Waals surface area contributed by atoms with Gasteiger partial charge in [0.2, 0.25) is 5.88 Å². The number of ether oxygens (including phenoxy) is 1. The highest BCUT2D eigenvalue weighted by Crippen LogP contribution is 2.56. The predicted octanol–water partition coefficient (Wildman–Crippen LogP) is 1.71. The van der Waals surface area contributed by atoms with E-state index in [1.807, 2.05) is 6.07 Å². The van der Waals surface area contributed by atoms with Crippen LogP contribution < -0.4 is 16.2 Å². The normalized spacial score (nSPS) is 32.8. The first-order valence-corrected chi connectivity index (χ1v) is 8.29. The second-order valence-corrected chi connectivity index (χ2v) is 7.33. The molecule has 0 unspecified atom stereocenters. The van der Waals surface area contributed by atoms with Crippen molar-refractivity contribution < 1.29 is 9.53 Å².